The SMILES string of the molecule is CC(C)(C)OC(=O)N(c1cscn1)S(=O)(=O)c1cc(Cl)c(NCc2c(Cl)cccc2CN2CC3(COC3)C2)cc1F. The molecule has 0 bridgehead atoms. The molecular weight excluding hydrogens is 614 g/mol. The number of rotatable bonds is 8. The second kappa shape index (κ2) is 11.3. The number of sulfonamides is 1. The molecule has 2 aliphatic rings. The van der Waals surface area contributed by atoms with Gasteiger partial charge in [0.1, 0.15) is 16.3 Å². The average molecular weight is 644 g/mol. The second-order valence-electron chi connectivity index (χ2n) is 11.2. The number of carbonyl (C=O) groups excluding carboxylic acids is 1. The van der Waals surface area contributed by atoms with E-state index in [0.717, 1.165) is 60.9 Å². The van der Waals surface area contributed by atoms with Gasteiger partial charge in [0.15, 0.2) is 5.82 Å². The Hall–Kier alpha value is -2.48. The lowest BCUT2D eigenvalue weighted by Gasteiger charge is -2.55. The van der Waals surface area contributed by atoms with E-state index >= 15 is 4.39 Å². The van der Waals surface area contributed by atoms with Crippen LogP contribution in [0.4, 0.5) is 20.7 Å². The van der Waals surface area contributed by atoms with E-state index in [1.807, 2.05) is 12.1 Å². The monoisotopic (exact) mass is 642 g/mol. The highest BCUT2D eigenvalue weighted by atomic mass is 35.5. The maximum atomic E-state index is 15.4. The summed E-state index contributed by atoms with van der Waals surface area (Å²) in [5.74, 6) is -1.32. The number of hydrogen-bond acceptors (Lipinski definition) is 9. The lowest BCUT2D eigenvalue weighted by molar-refractivity contribution is -0.191. The summed E-state index contributed by atoms with van der Waals surface area (Å²) in [6.07, 6.45) is -1.22. The van der Waals surface area contributed by atoms with E-state index in [0.29, 0.717) is 15.9 Å². The summed E-state index contributed by atoms with van der Waals surface area (Å²) in [5, 5.41) is 4.91. The molecule has 3 heterocycles. The molecular formula is C27H29Cl2FN4O5S2. The average Bonchev–Trinajstić information content (AvgIpc) is 3.33. The third-order valence-electron chi connectivity index (χ3n) is 6.73. The topological polar surface area (TPSA) is 101 Å². The van der Waals surface area contributed by atoms with Crippen molar-refractivity contribution < 1.29 is 27.1 Å². The highest BCUT2D eigenvalue weighted by Gasteiger charge is 2.48. The first-order valence-corrected chi connectivity index (χ1v) is 15.9. The molecule has 0 unspecified atom stereocenters. The Morgan fingerprint density at radius 2 is 1.98 bits per heavy atom. The molecule has 9 nitrogen and oxygen atoms in total. The number of nitrogens with zero attached hydrogens (tertiary/aromatic N) is 3. The molecule has 2 fully saturated rings. The first-order valence-electron chi connectivity index (χ1n) is 12.7. The lowest BCUT2D eigenvalue weighted by Crippen LogP contribution is -2.65. The molecule has 2 saturated heterocycles. The molecule has 2 aliphatic heterocycles. The summed E-state index contributed by atoms with van der Waals surface area (Å²) < 4.78 is 53.5. The van der Waals surface area contributed by atoms with Gasteiger partial charge >= 0.3 is 6.09 Å². The molecule has 1 N–H and O–H groups in total. The van der Waals surface area contributed by atoms with E-state index in [-0.39, 0.29) is 28.5 Å². The van der Waals surface area contributed by atoms with E-state index < -0.39 is 32.4 Å². The quantitative estimate of drug-likeness (QED) is 0.312. The van der Waals surface area contributed by atoms with Crippen molar-refractivity contribution >= 4 is 62.2 Å². The summed E-state index contributed by atoms with van der Waals surface area (Å²) >= 11 is 14.0. The first-order chi connectivity index (χ1) is 19.3. The zero-order chi connectivity index (χ0) is 29.6. The van der Waals surface area contributed by atoms with Gasteiger partial charge in [-0.2, -0.15) is 0 Å². The van der Waals surface area contributed by atoms with Crippen molar-refractivity contribution in [2.75, 3.05) is 35.9 Å². The minimum atomic E-state index is -4.78. The van der Waals surface area contributed by atoms with Gasteiger partial charge in [-0.1, -0.05) is 35.3 Å². The van der Waals surface area contributed by atoms with Crippen LogP contribution in [0.1, 0.15) is 31.9 Å². The summed E-state index contributed by atoms with van der Waals surface area (Å²) in [4.78, 5) is 18.4. The van der Waals surface area contributed by atoms with E-state index in [4.69, 9.17) is 32.7 Å². The van der Waals surface area contributed by atoms with Crippen LogP contribution in [-0.4, -0.2) is 56.3 Å². The number of carbonyl (C=O) groups is 1. The predicted octanol–water partition coefficient (Wildman–Crippen LogP) is 6.16. The van der Waals surface area contributed by atoms with Crippen LogP contribution in [0.3, 0.4) is 0 Å². The Kier molecular flexibility index (Phi) is 8.27. The first kappa shape index (κ1) is 30.0. The van der Waals surface area contributed by atoms with Gasteiger partial charge in [-0.05, 0) is 50.1 Å². The number of likely N-dealkylation sites (tertiary alicyclic amines) is 1. The third kappa shape index (κ3) is 6.32. The summed E-state index contributed by atoms with van der Waals surface area (Å²) in [5.41, 5.74) is 2.64. The van der Waals surface area contributed by atoms with Crippen molar-refractivity contribution in [2.24, 2.45) is 5.41 Å². The van der Waals surface area contributed by atoms with E-state index in [9.17, 15) is 13.2 Å². The minimum Gasteiger partial charge on any atom is -0.443 e. The van der Waals surface area contributed by atoms with Gasteiger partial charge < -0.3 is 14.8 Å². The molecule has 5 rings (SSSR count). The Labute approximate surface area is 252 Å². The number of amides is 1. The Balaban J connectivity index is 1.36. The van der Waals surface area contributed by atoms with Crippen LogP contribution in [0.2, 0.25) is 10.0 Å². The van der Waals surface area contributed by atoms with Crippen molar-refractivity contribution in [1.82, 2.24) is 9.88 Å². The molecule has 3 aromatic rings. The van der Waals surface area contributed by atoms with Crippen LogP contribution in [0.25, 0.3) is 0 Å². The van der Waals surface area contributed by atoms with Crippen molar-refractivity contribution in [1.29, 1.82) is 0 Å². The zero-order valence-electron chi connectivity index (χ0n) is 22.6. The van der Waals surface area contributed by atoms with Crippen molar-refractivity contribution in [3.8, 4) is 0 Å². The van der Waals surface area contributed by atoms with Gasteiger partial charge in [0.05, 0.1) is 29.4 Å². The van der Waals surface area contributed by atoms with E-state index in [1.165, 1.54) is 10.9 Å². The molecule has 220 valence electrons. The van der Waals surface area contributed by atoms with Gasteiger partial charge in [-0.25, -0.2) is 22.6 Å². The van der Waals surface area contributed by atoms with Crippen LogP contribution >= 0.6 is 34.5 Å². The third-order valence-corrected chi connectivity index (χ3v) is 9.65. The van der Waals surface area contributed by atoms with Gasteiger partial charge in [0.2, 0.25) is 0 Å². The standard InChI is InChI=1S/C27H29Cl2FN4O5S2/c1-26(2,3)39-25(35)34(24-11-40-16-32-24)41(36,37)23-7-20(29)22(8-21(23)30)31-9-18-17(5-4-6-19(18)28)10-33-12-27(13-33)14-38-15-27/h4-8,11,16,31H,9-10,12-15H2,1-3H3. The number of thiazole rings is 1. The number of ether oxygens (including phenoxy) is 2. The molecule has 1 aromatic heterocycles. The number of hydrogen-bond donors (Lipinski definition) is 1. The normalized spacial score (nSPS) is 16.6. The molecule has 0 atom stereocenters. The number of benzene rings is 2. The van der Waals surface area contributed by atoms with Crippen LogP contribution in [0.5, 0.6) is 0 Å². The predicted molar refractivity (Wildman–Crippen MR) is 157 cm³/mol. The molecule has 0 radical (unpaired) electrons. The van der Waals surface area contributed by atoms with Gasteiger partial charge in [-0.15, -0.1) is 15.6 Å². The Bertz CT molecular complexity index is 1550. The summed E-state index contributed by atoms with van der Waals surface area (Å²) in [6.45, 7) is 9.19. The molecule has 41 heavy (non-hydrogen) atoms. The van der Waals surface area contributed by atoms with Crippen LogP contribution in [0.15, 0.2) is 46.1 Å². The van der Waals surface area contributed by atoms with Gasteiger partial charge in [0.25, 0.3) is 10.0 Å². The molecule has 0 saturated carbocycles. The number of halogens is 3. The lowest BCUT2D eigenvalue weighted by atomic mass is 9.78. The smallest absolute Gasteiger partial charge is 0.430 e. The van der Waals surface area contributed by atoms with Crippen LogP contribution in [0, 0.1) is 11.2 Å². The van der Waals surface area contributed by atoms with Crippen LogP contribution < -0.4 is 9.62 Å². The number of anilines is 2. The molecule has 2 aromatic carbocycles. The largest absolute Gasteiger partial charge is 0.443 e. The van der Waals surface area contributed by atoms with Gasteiger partial charge in [0, 0.05) is 42.0 Å². The Morgan fingerprint density at radius 1 is 1.24 bits per heavy atom. The number of nitrogens with one attached hydrogen (secondary N) is 1. The highest BCUT2D eigenvalue weighted by Crippen LogP contribution is 2.39. The minimum absolute atomic E-state index is 0.0596. The highest BCUT2D eigenvalue weighted by molar-refractivity contribution is 7.93. The molecule has 1 amide bonds. The van der Waals surface area contributed by atoms with Crippen molar-refractivity contribution in [3.63, 3.8) is 0 Å². The maximum Gasteiger partial charge on any atom is 0.430 e. The fraction of sp³-hybridized carbons (Fsp3) is 0.407. The summed E-state index contributed by atoms with van der Waals surface area (Å²) in [6, 6.07) is 7.60. The maximum absolute atomic E-state index is 15.4. The van der Waals surface area contributed by atoms with E-state index in [2.05, 4.69) is 15.2 Å². The van der Waals surface area contributed by atoms with E-state index in [1.54, 1.807) is 26.8 Å². The molecule has 14 heteroatoms. The fourth-order valence-electron chi connectivity index (χ4n) is 4.85. The number of aromatic nitrogens is 1. The Morgan fingerprint density at radius 3 is 2.59 bits per heavy atom. The van der Waals surface area contributed by atoms with Crippen molar-refractivity contribution in [3.05, 3.63) is 68.2 Å². The second-order valence-corrected chi connectivity index (χ2v) is 14.5. The summed E-state index contributed by atoms with van der Waals surface area (Å²) in [7, 11) is -4.78. The molecule has 1 spiro atoms. The van der Waals surface area contributed by atoms with Crippen molar-refractivity contribution in [2.45, 2.75) is 44.4 Å². The fourth-order valence-corrected chi connectivity index (χ4v) is 7.34. The molecule has 0 aliphatic carbocycles. The van der Waals surface area contributed by atoms with Gasteiger partial charge in [-0.3, -0.25) is 4.90 Å². The van der Waals surface area contributed by atoms with Crippen LogP contribution in [-0.2, 0) is 32.6 Å². The zero-order valence-corrected chi connectivity index (χ0v) is 25.8.